The molecular weight excluding hydrogens is 842 g/mol. The molecule has 3 aromatic rings. The van der Waals surface area contributed by atoms with E-state index in [1.54, 1.807) is 17.0 Å². The third kappa shape index (κ3) is 10.0. The van der Waals surface area contributed by atoms with Crippen LogP contribution < -0.4 is 14.8 Å². The maximum absolute atomic E-state index is 14.9. The number of morpholine rings is 1. The van der Waals surface area contributed by atoms with Gasteiger partial charge in [0.05, 0.1) is 48.8 Å². The molecule has 8 atom stereocenters. The molecule has 2 N–H and O–H groups in total. The van der Waals surface area contributed by atoms with Gasteiger partial charge < -0.3 is 38.7 Å². The summed E-state index contributed by atoms with van der Waals surface area (Å²) in [5.74, 6) is -0.511. The first-order valence-electron chi connectivity index (χ1n) is 23.7. The van der Waals surface area contributed by atoms with Crippen molar-refractivity contribution >= 4 is 52.1 Å². The van der Waals surface area contributed by atoms with Crippen LogP contribution in [0.1, 0.15) is 104 Å². The summed E-state index contributed by atoms with van der Waals surface area (Å²) < 4.78 is 30.2. The van der Waals surface area contributed by atoms with Crippen molar-refractivity contribution in [2.24, 2.45) is 29.1 Å². The summed E-state index contributed by atoms with van der Waals surface area (Å²) in [5.41, 5.74) is 0.153. The van der Waals surface area contributed by atoms with E-state index in [0.29, 0.717) is 95.9 Å². The van der Waals surface area contributed by atoms with Crippen LogP contribution in [0.3, 0.4) is 0 Å². The van der Waals surface area contributed by atoms with Crippen LogP contribution in [0.25, 0.3) is 22.3 Å². The van der Waals surface area contributed by atoms with Crippen LogP contribution in [0.2, 0.25) is 5.02 Å². The number of Topliss-reactive ketones (excluding diaryl/α,β-unsaturated/α-hetero) is 1. The second kappa shape index (κ2) is 19.2. The van der Waals surface area contributed by atoms with Crippen molar-refractivity contribution in [2.75, 3.05) is 51.3 Å². The van der Waals surface area contributed by atoms with E-state index in [4.69, 9.17) is 39.9 Å². The Morgan fingerprint density at radius 1 is 0.969 bits per heavy atom. The van der Waals surface area contributed by atoms with Crippen LogP contribution in [0.5, 0.6) is 11.5 Å². The molecule has 15 nitrogen and oxygen atoms in total. The molecule has 0 radical (unpaired) electrons. The number of hydrogen-bond donors (Lipinski definition) is 2. The number of carboxylic acids is 1. The first kappa shape index (κ1) is 44.7. The van der Waals surface area contributed by atoms with Gasteiger partial charge in [-0.1, -0.05) is 43.7 Å². The van der Waals surface area contributed by atoms with E-state index in [9.17, 15) is 24.3 Å². The van der Waals surface area contributed by atoms with E-state index in [1.165, 1.54) is 12.7 Å². The lowest BCUT2D eigenvalue weighted by Gasteiger charge is -2.29. The molecule has 64 heavy (non-hydrogen) atoms. The highest BCUT2D eigenvalue weighted by atomic mass is 35.5. The van der Waals surface area contributed by atoms with Gasteiger partial charge in [-0.2, -0.15) is 4.98 Å². The van der Waals surface area contributed by atoms with Gasteiger partial charge >= 0.3 is 11.9 Å². The predicted octanol–water partition coefficient (Wildman–Crippen LogP) is 7.57. The van der Waals surface area contributed by atoms with Gasteiger partial charge in [0, 0.05) is 55.9 Å². The lowest BCUT2D eigenvalue weighted by Crippen LogP contribution is -2.45. The number of ether oxygens (including phenoxy) is 4. The third-order valence-corrected chi connectivity index (χ3v) is 14.9. The minimum Gasteiger partial charge on any atom is -0.491 e. The zero-order valence-corrected chi connectivity index (χ0v) is 37.8. The summed E-state index contributed by atoms with van der Waals surface area (Å²) in [6, 6.07) is 4.86. The van der Waals surface area contributed by atoms with E-state index >= 15 is 0 Å². The first-order chi connectivity index (χ1) is 30.9. The van der Waals surface area contributed by atoms with Gasteiger partial charge in [0.15, 0.2) is 5.78 Å². The fourth-order valence-corrected chi connectivity index (χ4v) is 11.0. The lowest BCUT2D eigenvalue weighted by atomic mass is 9.90. The Balaban J connectivity index is 1.01. The quantitative estimate of drug-likeness (QED) is 0.160. The number of aliphatic carboxylic acids is 1. The zero-order chi connectivity index (χ0) is 44.5. The monoisotopic (exact) mass is 903 g/mol. The van der Waals surface area contributed by atoms with Crippen molar-refractivity contribution in [2.45, 2.75) is 128 Å². The SMILES string of the molecule is CC(C)Nc1nc(-c2cc(O[C@@H]3C[C@H]4C(=O)C[C@]5(C(=O)O)C[C@H]5CCCCCCC[C@H](CC(=O)OC5C[C@@H]6C[C@@H]6C5)C(=O)N4C3)c3ccc(OCCN4CCOCC4)c(Cl)c3n2)co1. The van der Waals surface area contributed by atoms with Gasteiger partial charge in [-0.3, -0.25) is 24.1 Å². The molecule has 9 rings (SSSR count). The first-order valence-corrected chi connectivity index (χ1v) is 24.0. The molecule has 3 saturated carbocycles. The number of carbonyl (C=O) groups excluding carboxylic acids is 3. The van der Waals surface area contributed by atoms with Crippen LogP contribution in [0.15, 0.2) is 28.9 Å². The lowest BCUT2D eigenvalue weighted by molar-refractivity contribution is -0.154. The number of carboxylic acid groups (broad SMARTS) is 1. The van der Waals surface area contributed by atoms with Crippen LogP contribution in [0.4, 0.5) is 6.01 Å². The number of anilines is 1. The molecule has 1 amide bonds. The number of ketones is 1. The average Bonchev–Trinajstić information content (AvgIpc) is 3.92. The Bertz CT molecular complexity index is 2200. The maximum Gasteiger partial charge on any atom is 0.310 e. The number of oxazole rings is 1. The number of pyridine rings is 1. The van der Waals surface area contributed by atoms with Crippen molar-refractivity contribution in [1.29, 1.82) is 0 Å². The number of amides is 1. The molecule has 5 heterocycles. The van der Waals surface area contributed by atoms with Gasteiger partial charge in [-0.25, -0.2) is 4.98 Å². The molecule has 0 spiro atoms. The molecule has 3 saturated heterocycles. The normalized spacial score (nSPS) is 29.9. The van der Waals surface area contributed by atoms with Gasteiger partial charge in [-0.05, 0) is 82.3 Å². The second-order valence-corrected chi connectivity index (χ2v) is 19.9. The molecule has 2 aromatic heterocycles. The number of esters is 1. The standard InChI is InChI=1S/C48H62ClN5O10/c1-28(2)50-47-52-37(27-62-47)36-23-41(35-10-11-40(43(49)44(35)51-36)61-17-14-53-12-15-60-16-13-53)63-34-22-38-39(55)25-48(46(58)59)24-32(48)9-7-5-3-4-6-8-29(45(57)54(38)26-34)21-42(56)64-33-19-30-18-31(30)20-33/h10-11,23,27-34,38H,3-9,12-22,24-26H2,1-2H3,(H,50,52)(H,58,59)/t29-,30-,31+,32-,33?,34-,38+,48-/m1/s1. The largest absolute Gasteiger partial charge is 0.491 e. The summed E-state index contributed by atoms with van der Waals surface area (Å²) in [5, 5.41) is 14.5. The number of benzene rings is 1. The van der Waals surface area contributed by atoms with Crippen LogP contribution >= 0.6 is 11.6 Å². The van der Waals surface area contributed by atoms with Gasteiger partial charge in [0.1, 0.15) is 47.3 Å². The van der Waals surface area contributed by atoms with Crippen molar-refractivity contribution in [3.05, 3.63) is 29.5 Å². The Kier molecular flexibility index (Phi) is 13.4. The summed E-state index contributed by atoms with van der Waals surface area (Å²) in [7, 11) is 0. The van der Waals surface area contributed by atoms with E-state index in [2.05, 4.69) is 15.2 Å². The second-order valence-electron chi connectivity index (χ2n) is 19.5. The number of nitrogens with one attached hydrogen (secondary N) is 1. The van der Waals surface area contributed by atoms with E-state index < -0.39 is 29.4 Å². The average molecular weight is 905 g/mol. The number of nitrogens with zero attached hydrogens (tertiary/aromatic N) is 4. The third-order valence-electron chi connectivity index (χ3n) is 14.5. The van der Waals surface area contributed by atoms with Crippen LogP contribution in [-0.4, -0.2) is 119 Å². The minimum absolute atomic E-state index is 0.0617. The molecule has 16 heteroatoms. The number of aromatic nitrogens is 2. The fraction of sp³-hybridized carbons (Fsp3) is 0.667. The topological polar surface area (TPSA) is 183 Å². The number of fused-ring (bicyclic) bond motifs is 4. The van der Waals surface area contributed by atoms with Crippen molar-refractivity contribution in [3.8, 4) is 22.9 Å². The van der Waals surface area contributed by atoms with Crippen molar-refractivity contribution in [1.82, 2.24) is 19.8 Å². The summed E-state index contributed by atoms with van der Waals surface area (Å²) in [4.78, 5) is 69.1. The molecule has 1 aromatic carbocycles. The van der Waals surface area contributed by atoms with Crippen LogP contribution in [0, 0.1) is 29.1 Å². The highest BCUT2D eigenvalue weighted by molar-refractivity contribution is 6.36. The fourth-order valence-electron chi connectivity index (χ4n) is 10.8. The minimum atomic E-state index is -1.13. The molecule has 0 bridgehead atoms. The van der Waals surface area contributed by atoms with Crippen molar-refractivity contribution < 1.29 is 47.6 Å². The van der Waals surface area contributed by atoms with E-state index in [-0.39, 0.29) is 61.5 Å². The van der Waals surface area contributed by atoms with Gasteiger partial charge in [0.2, 0.25) is 5.91 Å². The molecule has 346 valence electrons. The number of carbonyl (C=O) groups is 4. The Morgan fingerprint density at radius 2 is 1.73 bits per heavy atom. The van der Waals surface area contributed by atoms with E-state index in [1.807, 2.05) is 19.9 Å². The Morgan fingerprint density at radius 3 is 2.50 bits per heavy atom. The molecule has 3 aliphatic carbocycles. The molecule has 3 aliphatic heterocycles. The zero-order valence-electron chi connectivity index (χ0n) is 37.1. The summed E-state index contributed by atoms with van der Waals surface area (Å²) >= 11 is 7.11. The maximum atomic E-state index is 14.9. The van der Waals surface area contributed by atoms with Crippen LogP contribution in [-0.2, 0) is 28.7 Å². The van der Waals surface area contributed by atoms with Gasteiger partial charge in [0.25, 0.3) is 6.01 Å². The highest BCUT2D eigenvalue weighted by Crippen LogP contribution is 2.58. The Labute approximate surface area is 379 Å². The summed E-state index contributed by atoms with van der Waals surface area (Å²) in [6.45, 7) is 8.17. The predicted molar refractivity (Wildman–Crippen MR) is 237 cm³/mol. The van der Waals surface area contributed by atoms with Crippen molar-refractivity contribution in [3.63, 3.8) is 0 Å². The molecule has 6 fully saturated rings. The number of rotatable bonds is 13. The van der Waals surface area contributed by atoms with Gasteiger partial charge in [-0.15, -0.1) is 0 Å². The molecule has 1 unspecified atom stereocenters. The number of hydrogen-bond acceptors (Lipinski definition) is 13. The van der Waals surface area contributed by atoms with E-state index in [0.717, 1.165) is 64.5 Å². The smallest absolute Gasteiger partial charge is 0.310 e. The molecule has 6 aliphatic rings. The number of halogens is 1. The highest BCUT2D eigenvalue weighted by Gasteiger charge is 2.61. The molecular formula is C48H62ClN5O10. The summed E-state index contributed by atoms with van der Waals surface area (Å²) in [6.07, 6.45) is 9.83. The Hall–Kier alpha value is -4.47.